The first-order valence-corrected chi connectivity index (χ1v) is 6.75. The zero-order valence-electron chi connectivity index (χ0n) is 11.9. The van der Waals surface area contributed by atoms with Gasteiger partial charge in [0.25, 0.3) is 0 Å². The molecule has 0 radical (unpaired) electrons. The summed E-state index contributed by atoms with van der Waals surface area (Å²) in [6, 6.07) is 0. The summed E-state index contributed by atoms with van der Waals surface area (Å²) in [5, 5.41) is 9.63. The summed E-state index contributed by atoms with van der Waals surface area (Å²) in [6.45, 7) is 6.61. The number of aromatic nitrogens is 1. The average Bonchev–Trinajstić information content (AvgIpc) is 2.77. The Morgan fingerprint density at radius 1 is 1.35 bits per heavy atom. The Morgan fingerprint density at radius 2 is 2.05 bits per heavy atom. The van der Waals surface area contributed by atoms with Gasteiger partial charge in [0.05, 0.1) is 18.7 Å². The molecule has 0 aromatic carbocycles. The van der Waals surface area contributed by atoms with Crippen LogP contribution in [-0.2, 0) is 16.0 Å². The van der Waals surface area contributed by atoms with Crippen LogP contribution in [0.25, 0.3) is 0 Å². The molecule has 0 unspecified atom stereocenters. The van der Waals surface area contributed by atoms with Gasteiger partial charge in [0.15, 0.2) is 0 Å². The minimum absolute atomic E-state index is 0.0430. The van der Waals surface area contributed by atoms with E-state index < -0.39 is 0 Å². The summed E-state index contributed by atoms with van der Waals surface area (Å²) in [5.74, 6) is 0.410. The van der Waals surface area contributed by atoms with Crippen molar-refractivity contribution in [3.8, 4) is 0 Å². The quantitative estimate of drug-likeness (QED) is 0.767. The Labute approximate surface area is 117 Å². The molecule has 7 nitrogen and oxygen atoms in total. The second kappa shape index (κ2) is 6.51. The molecule has 1 saturated heterocycles. The lowest BCUT2D eigenvalue weighted by Crippen LogP contribution is -2.49. The van der Waals surface area contributed by atoms with Crippen molar-refractivity contribution in [1.29, 1.82) is 0 Å². The predicted octanol–water partition coefficient (Wildman–Crippen LogP) is -0.618. The standard InChI is InChI=1S/C13H20N4O3/c1-9-11(10(2)20-16-9)7-12(18)15-8-13(19)17-5-3-14-4-6-17/h14H,3-8H2,1-2H3,(H,15,18). The lowest BCUT2D eigenvalue weighted by atomic mass is 10.1. The van der Waals surface area contributed by atoms with Gasteiger partial charge in [-0.05, 0) is 13.8 Å². The first-order valence-electron chi connectivity index (χ1n) is 6.75. The van der Waals surface area contributed by atoms with E-state index in [2.05, 4.69) is 15.8 Å². The fourth-order valence-electron chi connectivity index (χ4n) is 2.18. The van der Waals surface area contributed by atoms with Crippen molar-refractivity contribution in [3.63, 3.8) is 0 Å². The first kappa shape index (κ1) is 14.5. The van der Waals surface area contributed by atoms with Crippen LogP contribution in [0.2, 0.25) is 0 Å². The van der Waals surface area contributed by atoms with Gasteiger partial charge in [-0.25, -0.2) is 0 Å². The van der Waals surface area contributed by atoms with Gasteiger partial charge < -0.3 is 20.1 Å². The summed E-state index contributed by atoms with van der Waals surface area (Å²) < 4.78 is 5.00. The molecular formula is C13H20N4O3. The molecular weight excluding hydrogens is 260 g/mol. The second-order valence-electron chi connectivity index (χ2n) is 4.89. The number of hydrogen-bond acceptors (Lipinski definition) is 5. The Kier molecular flexibility index (Phi) is 4.73. The van der Waals surface area contributed by atoms with Gasteiger partial charge in [-0.3, -0.25) is 9.59 Å². The highest BCUT2D eigenvalue weighted by molar-refractivity contribution is 5.86. The van der Waals surface area contributed by atoms with Crippen LogP contribution in [0.1, 0.15) is 17.0 Å². The van der Waals surface area contributed by atoms with E-state index in [0.717, 1.165) is 18.7 Å². The van der Waals surface area contributed by atoms with Gasteiger partial charge in [0, 0.05) is 31.7 Å². The molecule has 20 heavy (non-hydrogen) atoms. The molecule has 1 aromatic heterocycles. The summed E-state index contributed by atoms with van der Waals surface area (Å²) in [4.78, 5) is 25.5. The number of rotatable bonds is 4. The minimum Gasteiger partial charge on any atom is -0.361 e. The van der Waals surface area contributed by atoms with Crippen LogP contribution in [0.15, 0.2) is 4.52 Å². The number of aryl methyl sites for hydroxylation is 2. The fourth-order valence-corrected chi connectivity index (χ4v) is 2.18. The van der Waals surface area contributed by atoms with Gasteiger partial charge in [-0.1, -0.05) is 5.16 Å². The van der Waals surface area contributed by atoms with Crippen LogP contribution in [-0.4, -0.2) is 54.6 Å². The Bertz CT molecular complexity index is 472. The van der Waals surface area contributed by atoms with E-state index >= 15 is 0 Å². The van der Waals surface area contributed by atoms with Crippen LogP contribution in [0.3, 0.4) is 0 Å². The van der Waals surface area contributed by atoms with Gasteiger partial charge in [0.1, 0.15) is 5.76 Å². The molecule has 0 atom stereocenters. The topological polar surface area (TPSA) is 87.5 Å². The molecule has 0 bridgehead atoms. The maximum absolute atomic E-state index is 11.9. The maximum atomic E-state index is 11.9. The zero-order valence-corrected chi connectivity index (χ0v) is 11.9. The van der Waals surface area contributed by atoms with Crippen molar-refractivity contribution in [2.24, 2.45) is 0 Å². The van der Waals surface area contributed by atoms with E-state index in [9.17, 15) is 9.59 Å². The number of hydrogen-bond donors (Lipinski definition) is 2. The Hall–Kier alpha value is -1.89. The monoisotopic (exact) mass is 280 g/mol. The van der Waals surface area contributed by atoms with Gasteiger partial charge in [0.2, 0.25) is 11.8 Å². The third kappa shape index (κ3) is 3.57. The smallest absolute Gasteiger partial charge is 0.242 e. The highest BCUT2D eigenvalue weighted by atomic mass is 16.5. The summed E-state index contributed by atoms with van der Waals surface area (Å²) in [7, 11) is 0. The largest absolute Gasteiger partial charge is 0.361 e. The van der Waals surface area contributed by atoms with Crippen molar-refractivity contribution >= 4 is 11.8 Å². The molecule has 1 fully saturated rings. The number of nitrogens with one attached hydrogen (secondary N) is 2. The van der Waals surface area contributed by atoms with E-state index in [1.807, 2.05) is 0 Å². The molecule has 0 saturated carbocycles. The van der Waals surface area contributed by atoms with Crippen LogP contribution < -0.4 is 10.6 Å². The minimum atomic E-state index is -0.192. The lowest BCUT2D eigenvalue weighted by molar-refractivity contribution is -0.133. The van der Waals surface area contributed by atoms with E-state index in [1.54, 1.807) is 18.7 Å². The van der Waals surface area contributed by atoms with Gasteiger partial charge in [-0.15, -0.1) is 0 Å². The summed E-state index contributed by atoms with van der Waals surface area (Å²) >= 11 is 0. The highest BCUT2D eigenvalue weighted by Gasteiger charge is 2.18. The fraction of sp³-hybridized carbons (Fsp3) is 0.615. The molecule has 2 heterocycles. The van der Waals surface area contributed by atoms with Crippen LogP contribution >= 0.6 is 0 Å². The molecule has 110 valence electrons. The number of carbonyl (C=O) groups excluding carboxylic acids is 2. The van der Waals surface area contributed by atoms with E-state index in [1.165, 1.54) is 0 Å². The van der Waals surface area contributed by atoms with Crippen molar-refractivity contribution in [3.05, 3.63) is 17.0 Å². The number of piperazine rings is 1. The molecule has 2 rings (SSSR count). The van der Waals surface area contributed by atoms with E-state index in [4.69, 9.17) is 4.52 Å². The lowest BCUT2D eigenvalue weighted by Gasteiger charge is -2.27. The third-order valence-electron chi connectivity index (χ3n) is 3.43. The maximum Gasteiger partial charge on any atom is 0.242 e. The van der Waals surface area contributed by atoms with E-state index in [-0.39, 0.29) is 24.8 Å². The Morgan fingerprint density at radius 3 is 2.65 bits per heavy atom. The molecule has 0 spiro atoms. The van der Waals surface area contributed by atoms with Gasteiger partial charge >= 0.3 is 0 Å². The summed E-state index contributed by atoms with van der Waals surface area (Å²) in [6.07, 6.45) is 0.190. The van der Waals surface area contributed by atoms with Crippen LogP contribution in [0, 0.1) is 13.8 Å². The zero-order chi connectivity index (χ0) is 14.5. The van der Waals surface area contributed by atoms with Crippen molar-refractivity contribution in [2.45, 2.75) is 20.3 Å². The van der Waals surface area contributed by atoms with E-state index in [0.29, 0.717) is 24.5 Å². The summed E-state index contributed by atoms with van der Waals surface area (Å²) in [5.41, 5.74) is 1.50. The van der Waals surface area contributed by atoms with Gasteiger partial charge in [-0.2, -0.15) is 0 Å². The molecule has 2 amide bonds. The molecule has 7 heteroatoms. The average molecular weight is 280 g/mol. The molecule has 0 aliphatic carbocycles. The SMILES string of the molecule is Cc1noc(C)c1CC(=O)NCC(=O)N1CCNCC1. The van der Waals surface area contributed by atoms with Crippen LogP contribution in [0.4, 0.5) is 0 Å². The highest BCUT2D eigenvalue weighted by Crippen LogP contribution is 2.12. The van der Waals surface area contributed by atoms with Crippen molar-refractivity contribution in [2.75, 3.05) is 32.7 Å². The second-order valence-corrected chi connectivity index (χ2v) is 4.89. The Balaban J connectivity index is 1.79. The number of carbonyl (C=O) groups is 2. The van der Waals surface area contributed by atoms with Crippen molar-refractivity contribution < 1.29 is 14.1 Å². The third-order valence-corrected chi connectivity index (χ3v) is 3.43. The van der Waals surface area contributed by atoms with Crippen molar-refractivity contribution in [1.82, 2.24) is 20.7 Å². The molecule has 1 aliphatic heterocycles. The first-order chi connectivity index (χ1) is 9.58. The molecule has 1 aromatic rings. The molecule has 2 N–H and O–H groups in total. The normalized spacial score (nSPS) is 15.2. The number of amides is 2. The predicted molar refractivity (Wildman–Crippen MR) is 72.1 cm³/mol. The molecule has 1 aliphatic rings. The van der Waals surface area contributed by atoms with Crippen LogP contribution in [0.5, 0.6) is 0 Å². The number of nitrogens with zero attached hydrogens (tertiary/aromatic N) is 2.